The van der Waals surface area contributed by atoms with Crippen molar-refractivity contribution in [1.82, 2.24) is 15.1 Å². The van der Waals surface area contributed by atoms with Crippen LogP contribution in [-0.4, -0.2) is 28.2 Å². The maximum Gasteiger partial charge on any atom is 0.261 e. The third-order valence-corrected chi connectivity index (χ3v) is 3.87. The van der Waals surface area contributed by atoms with E-state index < -0.39 is 0 Å². The molecule has 110 valence electrons. The van der Waals surface area contributed by atoms with Gasteiger partial charge in [0.15, 0.2) is 0 Å². The van der Waals surface area contributed by atoms with Crippen LogP contribution in [0.1, 0.15) is 12.0 Å². The first-order valence-corrected chi connectivity index (χ1v) is 7.42. The summed E-state index contributed by atoms with van der Waals surface area (Å²) in [6.45, 7) is 4.11. The molecule has 0 radical (unpaired) electrons. The molecule has 22 heavy (non-hydrogen) atoms. The van der Waals surface area contributed by atoms with Gasteiger partial charge in [-0.15, -0.1) is 0 Å². The Labute approximate surface area is 128 Å². The fourth-order valence-corrected chi connectivity index (χ4v) is 2.58. The van der Waals surface area contributed by atoms with Crippen molar-refractivity contribution < 1.29 is 4.52 Å². The number of hydrogen-bond donors (Lipinski definition) is 0. The van der Waals surface area contributed by atoms with Crippen LogP contribution in [0.5, 0.6) is 0 Å². The summed E-state index contributed by atoms with van der Waals surface area (Å²) in [5, 5.41) is 4.12. The summed E-state index contributed by atoms with van der Waals surface area (Å²) in [6, 6.07) is 12.0. The van der Waals surface area contributed by atoms with Gasteiger partial charge in [0.25, 0.3) is 5.89 Å². The first-order valence-electron chi connectivity index (χ1n) is 7.42. The summed E-state index contributed by atoms with van der Waals surface area (Å²) in [5.74, 6) is 2.05. The van der Waals surface area contributed by atoms with Crippen LogP contribution < -0.4 is 4.90 Å². The number of hydrogen-bond acceptors (Lipinski definition) is 5. The van der Waals surface area contributed by atoms with E-state index in [1.165, 1.54) is 12.0 Å². The Bertz CT molecular complexity index is 808. The molecule has 0 N–H and O–H groups in total. The third-order valence-electron chi connectivity index (χ3n) is 3.87. The van der Waals surface area contributed by atoms with E-state index in [1.54, 1.807) is 6.20 Å². The van der Waals surface area contributed by atoms with Crippen molar-refractivity contribution in [3.63, 3.8) is 0 Å². The minimum absolute atomic E-state index is 0.520. The van der Waals surface area contributed by atoms with Gasteiger partial charge in [-0.3, -0.25) is 0 Å². The lowest BCUT2D eigenvalue weighted by atomic mass is 10.1. The molecule has 1 aliphatic rings. The lowest BCUT2D eigenvalue weighted by Gasteiger charge is -2.32. The zero-order chi connectivity index (χ0) is 14.9. The summed E-state index contributed by atoms with van der Waals surface area (Å²) < 4.78 is 5.48. The van der Waals surface area contributed by atoms with Gasteiger partial charge in [-0.25, -0.2) is 4.98 Å². The SMILES string of the molecule is Cc1cccc(-c2noc(-c3cccnc3N3CCC3)n2)c1. The van der Waals surface area contributed by atoms with Crippen molar-refractivity contribution in [1.29, 1.82) is 0 Å². The molecule has 0 amide bonds. The highest BCUT2D eigenvalue weighted by atomic mass is 16.5. The van der Waals surface area contributed by atoms with Crippen molar-refractivity contribution in [2.45, 2.75) is 13.3 Å². The molecular weight excluding hydrogens is 276 g/mol. The second kappa shape index (κ2) is 5.26. The zero-order valence-corrected chi connectivity index (χ0v) is 12.4. The molecule has 0 unspecified atom stereocenters. The van der Waals surface area contributed by atoms with Crippen LogP contribution in [-0.2, 0) is 0 Å². The van der Waals surface area contributed by atoms with Crippen molar-refractivity contribution in [3.05, 3.63) is 48.2 Å². The van der Waals surface area contributed by atoms with E-state index in [1.807, 2.05) is 43.3 Å². The highest BCUT2D eigenvalue weighted by Crippen LogP contribution is 2.31. The quantitative estimate of drug-likeness (QED) is 0.741. The molecule has 0 saturated carbocycles. The molecule has 5 heteroatoms. The van der Waals surface area contributed by atoms with E-state index >= 15 is 0 Å². The van der Waals surface area contributed by atoms with Crippen molar-refractivity contribution >= 4 is 5.82 Å². The molecule has 1 fully saturated rings. The van der Waals surface area contributed by atoms with E-state index in [9.17, 15) is 0 Å². The van der Waals surface area contributed by atoms with Crippen LogP contribution in [0.25, 0.3) is 22.8 Å². The third kappa shape index (κ3) is 2.24. The molecule has 3 aromatic rings. The minimum atomic E-state index is 0.520. The van der Waals surface area contributed by atoms with Crippen LogP contribution in [0.3, 0.4) is 0 Å². The van der Waals surface area contributed by atoms with Crippen LogP contribution in [0.15, 0.2) is 47.1 Å². The Kier molecular flexibility index (Phi) is 3.11. The second-order valence-corrected chi connectivity index (χ2v) is 5.51. The van der Waals surface area contributed by atoms with Gasteiger partial charge in [0.2, 0.25) is 5.82 Å². The number of nitrogens with zero attached hydrogens (tertiary/aromatic N) is 4. The first kappa shape index (κ1) is 13.0. The van der Waals surface area contributed by atoms with Gasteiger partial charge < -0.3 is 9.42 Å². The van der Waals surface area contributed by atoms with Gasteiger partial charge in [0, 0.05) is 24.8 Å². The Morgan fingerprint density at radius 2 is 2.05 bits per heavy atom. The van der Waals surface area contributed by atoms with Crippen LogP contribution >= 0.6 is 0 Å². The standard InChI is InChI=1S/C17H16N4O/c1-12-5-2-6-13(11-12)15-19-17(22-20-15)14-7-3-8-18-16(14)21-9-4-10-21/h2-3,5-8,11H,4,9-10H2,1H3. The highest BCUT2D eigenvalue weighted by Gasteiger charge is 2.22. The molecule has 2 aromatic heterocycles. The lowest BCUT2D eigenvalue weighted by Crippen LogP contribution is -2.37. The molecule has 1 aliphatic heterocycles. The summed E-state index contributed by atoms with van der Waals surface area (Å²) >= 11 is 0. The van der Waals surface area contributed by atoms with E-state index in [0.29, 0.717) is 11.7 Å². The maximum absolute atomic E-state index is 5.48. The maximum atomic E-state index is 5.48. The van der Waals surface area contributed by atoms with E-state index in [4.69, 9.17) is 4.52 Å². The van der Waals surface area contributed by atoms with Gasteiger partial charge in [-0.2, -0.15) is 4.98 Å². The molecule has 5 nitrogen and oxygen atoms in total. The molecular formula is C17H16N4O. The largest absolute Gasteiger partial charge is 0.356 e. The zero-order valence-electron chi connectivity index (χ0n) is 12.4. The van der Waals surface area contributed by atoms with E-state index in [2.05, 4.69) is 20.0 Å². The van der Waals surface area contributed by atoms with Crippen LogP contribution in [0.2, 0.25) is 0 Å². The predicted octanol–water partition coefficient (Wildman–Crippen LogP) is 3.32. The summed E-state index contributed by atoms with van der Waals surface area (Å²) in [6.07, 6.45) is 3.00. The van der Waals surface area contributed by atoms with E-state index in [-0.39, 0.29) is 0 Å². The fraction of sp³-hybridized carbons (Fsp3) is 0.235. The molecule has 0 aliphatic carbocycles. The van der Waals surface area contributed by atoms with Gasteiger partial charge in [-0.1, -0.05) is 28.9 Å². The molecule has 1 aromatic carbocycles. The van der Waals surface area contributed by atoms with Crippen molar-refractivity contribution in [2.24, 2.45) is 0 Å². The molecule has 1 saturated heterocycles. The predicted molar refractivity (Wildman–Crippen MR) is 84.5 cm³/mol. The number of aryl methyl sites for hydroxylation is 1. The van der Waals surface area contributed by atoms with Crippen LogP contribution in [0.4, 0.5) is 5.82 Å². The van der Waals surface area contributed by atoms with Gasteiger partial charge in [0.1, 0.15) is 5.82 Å². The van der Waals surface area contributed by atoms with Crippen LogP contribution in [0, 0.1) is 6.92 Å². The van der Waals surface area contributed by atoms with Crippen molar-refractivity contribution in [2.75, 3.05) is 18.0 Å². The Morgan fingerprint density at radius 1 is 1.14 bits per heavy atom. The Balaban J connectivity index is 1.73. The number of benzene rings is 1. The normalized spacial score (nSPS) is 14.0. The number of rotatable bonds is 3. The number of aromatic nitrogens is 3. The average Bonchev–Trinajstić information content (AvgIpc) is 2.96. The van der Waals surface area contributed by atoms with Crippen molar-refractivity contribution in [3.8, 4) is 22.8 Å². The average molecular weight is 292 g/mol. The van der Waals surface area contributed by atoms with Gasteiger partial charge >= 0.3 is 0 Å². The first-order chi connectivity index (χ1) is 10.8. The second-order valence-electron chi connectivity index (χ2n) is 5.51. The smallest absolute Gasteiger partial charge is 0.261 e. The Hall–Kier alpha value is -2.69. The molecule has 3 heterocycles. The Morgan fingerprint density at radius 3 is 2.82 bits per heavy atom. The van der Waals surface area contributed by atoms with Gasteiger partial charge in [-0.05, 0) is 31.5 Å². The fourth-order valence-electron chi connectivity index (χ4n) is 2.58. The highest BCUT2D eigenvalue weighted by molar-refractivity contribution is 5.71. The topological polar surface area (TPSA) is 55.1 Å². The summed E-state index contributed by atoms with van der Waals surface area (Å²) in [5.41, 5.74) is 3.03. The molecule has 0 bridgehead atoms. The van der Waals surface area contributed by atoms with Gasteiger partial charge in [0.05, 0.1) is 5.56 Å². The molecule has 4 rings (SSSR count). The summed E-state index contributed by atoms with van der Waals surface area (Å²) in [7, 11) is 0. The number of anilines is 1. The number of pyridine rings is 1. The molecule has 0 spiro atoms. The summed E-state index contributed by atoms with van der Waals surface area (Å²) in [4.78, 5) is 11.2. The lowest BCUT2D eigenvalue weighted by molar-refractivity contribution is 0.432. The minimum Gasteiger partial charge on any atom is -0.356 e. The van der Waals surface area contributed by atoms with E-state index in [0.717, 1.165) is 30.0 Å². The molecule has 0 atom stereocenters. The monoisotopic (exact) mass is 292 g/mol.